The van der Waals surface area contributed by atoms with Gasteiger partial charge in [-0.1, -0.05) is 26.7 Å². The Bertz CT molecular complexity index is 425. The second-order valence-electron chi connectivity index (χ2n) is 7.30. The van der Waals surface area contributed by atoms with Gasteiger partial charge in [-0.2, -0.15) is 0 Å². The summed E-state index contributed by atoms with van der Waals surface area (Å²) in [6.45, 7) is 6.72. The summed E-state index contributed by atoms with van der Waals surface area (Å²) in [6, 6.07) is 0. The van der Waals surface area contributed by atoms with Crippen LogP contribution in [0.4, 0.5) is 0 Å². The summed E-state index contributed by atoms with van der Waals surface area (Å²) < 4.78 is 6.08. The van der Waals surface area contributed by atoms with E-state index < -0.39 is 17.5 Å². The monoisotopic (exact) mass is 311 g/mol. The van der Waals surface area contributed by atoms with Gasteiger partial charge in [-0.25, -0.2) is 0 Å². The number of carbonyl (C=O) groups excluding carboxylic acids is 1. The minimum Gasteiger partial charge on any atom is -0.481 e. The number of rotatable bonds is 5. The number of hydrogen-bond acceptors (Lipinski definition) is 3. The number of aliphatic carboxylic acids is 1. The van der Waals surface area contributed by atoms with Crippen molar-refractivity contribution in [3.05, 3.63) is 0 Å². The van der Waals surface area contributed by atoms with Gasteiger partial charge in [0, 0.05) is 13.1 Å². The van der Waals surface area contributed by atoms with E-state index in [1.54, 1.807) is 11.8 Å². The van der Waals surface area contributed by atoms with E-state index in [2.05, 4.69) is 6.92 Å². The quantitative estimate of drug-likeness (QED) is 0.847. The van der Waals surface area contributed by atoms with Crippen LogP contribution in [0.15, 0.2) is 0 Å². The maximum Gasteiger partial charge on any atom is 0.311 e. The number of carboxylic acid groups (broad SMARTS) is 1. The zero-order chi connectivity index (χ0) is 16.3. The molecule has 2 fully saturated rings. The maximum atomic E-state index is 12.7. The molecule has 1 heterocycles. The molecule has 4 unspecified atom stereocenters. The predicted molar refractivity (Wildman–Crippen MR) is 83.5 cm³/mol. The summed E-state index contributed by atoms with van der Waals surface area (Å²) in [6.07, 6.45) is 5.37. The lowest BCUT2D eigenvalue weighted by Gasteiger charge is -2.31. The Morgan fingerprint density at radius 3 is 2.68 bits per heavy atom. The molecule has 1 amide bonds. The molecule has 0 aromatic carbocycles. The van der Waals surface area contributed by atoms with Crippen molar-refractivity contribution in [2.24, 2.45) is 11.3 Å². The van der Waals surface area contributed by atoms with Crippen LogP contribution in [-0.4, -0.2) is 47.2 Å². The van der Waals surface area contributed by atoms with Gasteiger partial charge in [0.05, 0.1) is 11.5 Å². The molecule has 4 atom stereocenters. The molecule has 0 spiro atoms. The van der Waals surface area contributed by atoms with Crippen molar-refractivity contribution in [2.45, 2.75) is 71.5 Å². The minimum absolute atomic E-state index is 0.0364. The van der Waals surface area contributed by atoms with E-state index in [1.807, 2.05) is 6.92 Å². The molecule has 1 aliphatic heterocycles. The van der Waals surface area contributed by atoms with Crippen molar-refractivity contribution in [1.82, 2.24) is 4.90 Å². The summed E-state index contributed by atoms with van der Waals surface area (Å²) in [5.74, 6) is -0.197. The lowest BCUT2D eigenvalue weighted by Crippen LogP contribution is -2.43. The second-order valence-corrected chi connectivity index (χ2v) is 7.30. The summed E-state index contributed by atoms with van der Waals surface area (Å²) in [5, 5.41) is 9.29. The van der Waals surface area contributed by atoms with Crippen LogP contribution in [0, 0.1) is 11.3 Å². The van der Waals surface area contributed by atoms with Crippen LogP contribution in [0.1, 0.15) is 59.3 Å². The van der Waals surface area contributed by atoms with Crippen LogP contribution in [0.3, 0.4) is 0 Å². The number of amides is 1. The van der Waals surface area contributed by atoms with E-state index in [9.17, 15) is 14.7 Å². The SMILES string of the molecule is CCC(OC1CCCC(C)C1)C(=O)N1CCC(C)(C(=O)O)C1. The third-order valence-electron chi connectivity index (χ3n) is 5.19. The summed E-state index contributed by atoms with van der Waals surface area (Å²) in [7, 11) is 0. The van der Waals surface area contributed by atoms with Crippen LogP contribution in [0.5, 0.6) is 0 Å². The second kappa shape index (κ2) is 6.99. The highest BCUT2D eigenvalue weighted by molar-refractivity contribution is 5.83. The third-order valence-corrected chi connectivity index (χ3v) is 5.19. The Labute approximate surface area is 133 Å². The molecule has 1 N–H and O–H groups in total. The Kier molecular flexibility index (Phi) is 5.48. The molecule has 126 valence electrons. The summed E-state index contributed by atoms with van der Waals surface area (Å²) in [4.78, 5) is 25.6. The van der Waals surface area contributed by atoms with E-state index in [0.717, 1.165) is 19.3 Å². The molecule has 5 nitrogen and oxygen atoms in total. The lowest BCUT2D eigenvalue weighted by atomic mass is 9.88. The molecule has 0 aromatic heterocycles. The fourth-order valence-corrected chi connectivity index (χ4v) is 3.59. The van der Waals surface area contributed by atoms with E-state index in [-0.39, 0.29) is 12.0 Å². The van der Waals surface area contributed by atoms with Gasteiger partial charge in [-0.05, 0) is 38.5 Å². The minimum atomic E-state index is -0.821. The van der Waals surface area contributed by atoms with Crippen molar-refractivity contribution in [3.8, 4) is 0 Å². The number of carboxylic acids is 1. The first kappa shape index (κ1) is 17.3. The largest absolute Gasteiger partial charge is 0.481 e. The highest BCUT2D eigenvalue weighted by Crippen LogP contribution is 2.32. The molecule has 1 saturated heterocycles. The molecule has 0 bridgehead atoms. The topological polar surface area (TPSA) is 66.8 Å². The molecule has 0 aromatic rings. The van der Waals surface area contributed by atoms with Gasteiger partial charge < -0.3 is 14.7 Å². The first-order valence-electron chi connectivity index (χ1n) is 8.53. The zero-order valence-electron chi connectivity index (χ0n) is 14.0. The van der Waals surface area contributed by atoms with Crippen LogP contribution >= 0.6 is 0 Å². The number of ether oxygens (including phenoxy) is 1. The molecule has 2 rings (SSSR count). The van der Waals surface area contributed by atoms with Gasteiger partial charge in [0.25, 0.3) is 5.91 Å². The maximum absolute atomic E-state index is 12.7. The fourth-order valence-electron chi connectivity index (χ4n) is 3.59. The van der Waals surface area contributed by atoms with Crippen LogP contribution in [0.2, 0.25) is 0 Å². The van der Waals surface area contributed by atoms with Gasteiger partial charge in [-0.15, -0.1) is 0 Å². The van der Waals surface area contributed by atoms with Crippen LogP contribution in [0.25, 0.3) is 0 Å². The Morgan fingerprint density at radius 2 is 2.14 bits per heavy atom. The first-order valence-corrected chi connectivity index (χ1v) is 8.53. The Hall–Kier alpha value is -1.10. The molecular weight excluding hydrogens is 282 g/mol. The Balaban J connectivity index is 1.93. The van der Waals surface area contributed by atoms with Gasteiger partial charge in [0.1, 0.15) is 6.10 Å². The average Bonchev–Trinajstić information content (AvgIpc) is 2.88. The molecule has 22 heavy (non-hydrogen) atoms. The molecular formula is C17H29NO4. The zero-order valence-corrected chi connectivity index (χ0v) is 14.0. The fraction of sp³-hybridized carbons (Fsp3) is 0.882. The molecule has 5 heteroatoms. The van der Waals surface area contributed by atoms with Gasteiger partial charge in [0.15, 0.2) is 0 Å². The highest BCUT2D eigenvalue weighted by Gasteiger charge is 2.43. The standard InChI is InChI=1S/C17H29NO4/c1-4-14(22-13-7-5-6-12(2)10-13)15(19)18-9-8-17(3,11-18)16(20)21/h12-14H,4-11H2,1-3H3,(H,20,21). The first-order chi connectivity index (χ1) is 10.4. The van der Waals surface area contributed by atoms with Crippen molar-refractivity contribution < 1.29 is 19.4 Å². The lowest BCUT2D eigenvalue weighted by molar-refractivity contribution is -0.151. The molecule has 0 radical (unpaired) electrons. The normalized spacial score (nSPS) is 33.7. The van der Waals surface area contributed by atoms with Crippen LogP contribution in [-0.2, 0) is 14.3 Å². The number of hydrogen-bond donors (Lipinski definition) is 1. The predicted octanol–water partition coefficient (Wildman–Crippen LogP) is 2.68. The van der Waals surface area contributed by atoms with Gasteiger partial charge in [0.2, 0.25) is 0 Å². The van der Waals surface area contributed by atoms with Gasteiger partial charge >= 0.3 is 5.97 Å². The van der Waals surface area contributed by atoms with E-state index in [0.29, 0.717) is 31.8 Å². The van der Waals surface area contributed by atoms with Crippen LogP contribution < -0.4 is 0 Å². The Morgan fingerprint density at radius 1 is 1.41 bits per heavy atom. The van der Waals surface area contributed by atoms with E-state index >= 15 is 0 Å². The highest BCUT2D eigenvalue weighted by atomic mass is 16.5. The average molecular weight is 311 g/mol. The number of likely N-dealkylation sites (tertiary alicyclic amines) is 1. The summed E-state index contributed by atoms with van der Waals surface area (Å²) >= 11 is 0. The van der Waals surface area contributed by atoms with E-state index in [4.69, 9.17) is 4.74 Å². The van der Waals surface area contributed by atoms with Crippen molar-refractivity contribution in [3.63, 3.8) is 0 Å². The molecule has 1 aliphatic carbocycles. The smallest absolute Gasteiger partial charge is 0.311 e. The van der Waals surface area contributed by atoms with E-state index in [1.165, 1.54) is 6.42 Å². The van der Waals surface area contributed by atoms with Crippen molar-refractivity contribution >= 4 is 11.9 Å². The third kappa shape index (κ3) is 3.80. The molecule has 1 saturated carbocycles. The van der Waals surface area contributed by atoms with Crippen molar-refractivity contribution in [1.29, 1.82) is 0 Å². The van der Waals surface area contributed by atoms with Crippen molar-refractivity contribution in [2.75, 3.05) is 13.1 Å². The molecule has 2 aliphatic rings. The number of carbonyl (C=O) groups is 2. The van der Waals surface area contributed by atoms with Gasteiger partial charge in [-0.3, -0.25) is 9.59 Å². The number of nitrogens with zero attached hydrogens (tertiary/aromatic N) is 1. The summed E-state index contributed by atoms with van der Waals surface area (Å²) in [5.41, 5.74) is -0.812.